The van der Waals surface area contributed by atoms with Gasteiger partial charge in [0.2, 0.25) is 5.56 Å². The van der Waals surface area contributed by atoms with Crippen molar-refractivity contribution in [2.45, 2.75) is 79.1 Å². The first-order valence-electron chi connectivity index (χ1n) is 11.8. The lowest BCUT2D eigenvalue weighted by molar-refractivity contribution is -0.0103. The number of carbonyl (C=O) groups is 2. The second-order valence-electron chi connectivity index (χ2n) is 11.1. The normalized spacial score (nSPS) is 17.5. The molecule has 1 saturated heterocycles. The van der Waals surface area contributed by atoms with Crippen LogP contribution in [0.2, 0.25) is 0 Å². The highest BCUT2D eigenvalue weighted by molar-refractivity contribution is 5.89. The number of pyridine rings is 1. The largest absolute Gasteiger partial charge is 0.443 e. The quantitative estimate of drug-likeness (QED) is 0.660. The van der Waals surface area contributed by atoms with Crippen molar-refractivity contribution in [2.24, 2.45) is 5.92 Å². The molecule has 8 heteroatoms. The number of rotatable bonds is 3. The van der Waals surface area contributed by atoms with Crippen LogP contribution in [-0.4, -0.2) is 52.4 Å². The average molecular weight is 472 g/mol. The van der Waals surface area contributed by atoms with E-state index < -0.39 is 29.4 Å². The molecule has 186 valence electrons. The van der Waals surface area contributed by atoms with E-state index in [1.807, 2.05) is 26.0 Å². The van der Waals surface area contributed by atoms with Gasteiger partial charge in [-0.3, -0.25) is 4.79 Å². The monoisotopic (exact) mass is 471 g/mol. The zero-order valence-corrected chi connectivity index (χ0v) is 21.5. The molecule has 0 saturated carbocycles. The van der Waals surface area contributed by atoms with Crippen molar-refractivity contribution in [3.8, 4) is 0 Å². The van der Waals surface area contributed by atoms with Crippen LogP contribution in [0.4, 0.5) is 15.3 Å². The smallest absolute Gasteiger partial charge is 0.420 e. The summed E-state index contributed by atoms with van der Waals surface area (Å²) in [5.74, 6) is 0.0324. The molecule has 34 heavy (non-hydrogen) atoms. The first-order valence-corrected chi connectivity index (χ1v) is 11.8. The second-order valence-corrected chi connectivity index (χ2v) is 11.1. The summed E-state index contributed by atoms with van der Waals surface area (Å²) in [6.07, 6.45) is -0.606. The number of anilines is 1. The molecular weight excluding hydrogens is 434 g/mol. The maximum absolute atomic E-state index is 13.0. The fourth-order valence-electron chi connectivity index (χ4n) is 4.34. The summed E-state index contributed by atoms with van der Waals surface area (Å²) < 4.78 is 11.1. The van der Waals surface area contributed by atoms with Crippen molar-refractivity contribution in [3.05, 3.63) is 40.2 Å². The van der Waals surface area contributed by atoms with Crippen LogP contribution in [0.3, 0.4) is 0 Å². The summed E-state index contributed by atoms with van der Waals surface area (Å²) >= 11 is 0. The molecule has 1 aliphatic heterocycles. The Kier molecular flexibility index (Phi) is 7.01. The van der Waals surface area contributed by atoms with Gasteiger partial charge >= 0.3 is 12.2 Å². The SMILES string of the molecule is Cc1c(N2CCC([C@H](C)N(C(=O)OC(C)(C)C)C(=O)OC(C)(C)C)C2)ccc2ccc(=O)[nH]c12. The minimum atomic E-state index is -0.738. The summed E-state index contributed by atoms with van der Waals surface area (Å²) in [7, 11) is 0. The van der Waals surface area contributed by atoms with Gasteiger partial charge in [0.05, 0.1) is 5.52 Å². The molecule has 2 heterocycles. The molecule has 0 spiro atoms. The van der Waals surface area contributed by atoms with Crippen molar-refractivity contribution in [1.82, 2.24) is 9.88 Å². The van der Waals surface area contributed by atoms with E-state index in [1.165, 1.54) is 6.07 Å². The first-order chi connectivity index (χ1) is 15.7. The maximum atomic E-state index is 13.0. The molecule has 2 amide bonds. The molecule has 1 aliphatic rings. The number of imide groups is 1. The van der Waals surface area contributed by atoms with Crippen LogP contribution < -0.4 is 10.5 Å². The number of H-pyrrole nitrogens is 1. The number of fused-ring (bicyclic) bond motifs is 1. The predicted octanol–water partition coefficient (Wildman–Crippen LogP) is 5.22. The lowest BCUT2D eigenvalue weighted by atomic mass is 9.99. The van der Waals surface area contributed by atoms with Crippen LogP contribution in [0.15, 0.2) is 29.1 Å². The molecule has 2 aromatic rings. The number of benzene rings is 1. The Balaban J connectivity index is 1.84. The minimum absolute atomic E-state index is 0.0324. The maximum Gasteiger partial charge on any atom is 0.420 e. The number of aryl methyl sites for hydroxylation is 1. The molecule has 1 fully saturated rings. The van der Waals surface area contributed by atoms with Gasteiger partial charge in [0.25, 0.3) is 0 Å². The molecule has 1 aromatic heterocycles. The molecule has 0 radical (unpaired) electrons. The van der Waals surface area contributed by atoms with E-state index in [9.17, 15) is 14.4 Å². The van der Waals surface area contributed by atoms with E-state index in [0.717, 1.165) is 40.0 Å². The summed E-state index contributed by atoms with van der Waals surface area (Å²) in [5, 5.41) is 0.978. The van der Waals surface area contributed by atoms with Gasteiger partial charge in [0, 0.05) is 30.9 Å². The van der Waals surface area contributed by atoms with E-state index >= 15 is 0 Å². The standard InChI is InChI=1S/C26H37N3O5/c1-16-20(11-9-18-10-12-21(30)27-22(16)18)28-14-13-19(15-28)17(2)29(23(31)33-25(3,4)5)24(32)34-26(6,7)8/h9-12,17,19H,13-15H2,1-8H3,(H,27,30)/t17-,19?/m0/s1. The highest BCUT2D eigenvalue weighted by Crippen LogP contribution is 2.33. The van der Waals surface area contributed by atoms with E-state index in [2.05, 4.69) is 16.0 Å². The molecule has 1 N–H and O–H groups in total. The fourth-order valence-corrected chi connectivity index (χ4v) is 4.34. The molecular formula is C26H37N3O5. The van der Waals surface area contributed by atoms with Crippen LogP contribution in [0, 0.1) is 12.8 Å². The lowest BCUT2D eigenvalue weighted by Crippen LogP contribution is -2.50. The van der Waals surface area contributed by atoms with Crippen LogP contribution in [0.5, 0.6) is 0 Å². The van der Waals surface area contributed by atoms with Crippen molar-refractivity contribution < 1.29 is 19.1 Å². The lowest BCUT2D eigenvalue weighted by Gasteiger charge is -2.34. The average Bonchev–Trinajstić information content (AvgIpc) is 3.16. The zero-order valence-electron chi connectivity index (χ0n) is 21.5. The third-order valence-electron chi connectivity index (χ3n) is 5.97. The second kappa shape index (κ2) is 9.31. The summed E-state index contributed by atoms with van der Waals surface area (Å²) in [4.78, 5) is 44.2. The fraction of sp³-hybridized carbons (Fsp3) is 0.577. The van der Waals surface area contributed by atoms with E-state index in [-0.39, 0.29) is 11.5 Å². The topological polar surface area (TPSA) is 91.9 Å². The number of hydrogen-bond donors (Lipinski definition) is 1. The number of nitrogens with one attached hydrogen (secondary N) is 1. The highest BCUT2D eigenvalue weighted by atomic mass is 16.6. The van der Waals surface area contributed by atoms with E-state index in [1.54, 1.807) is 41.5 Å². The van der Waals surface area contributed by atoms with Crippen LogP contribution in [-0.2, 0) is 9.47 Å². The van der Waals surface area contributed by atoms with Gasteiger partial charge in [0.15, 0.2) is 0 Å². The number of nitrogens with zero attached hydrogens (tertiary/aromatic N) is 2. The van der Waals surface area contributed by atoms with Gasteiger partial charge in [-0.05, 0) is 90.8 Å². The number of amides is 2. The molecule has 0 aliphatic carbocycles. The van der Waals surface area contributed by atoms with Gasteiger partial charge in [-0.1, -0.05) is 6.07 Å². The van der Waals surface area contributed by atoms with Gasteiger partial charge in [0.1, 0.15) is 11.2 Å². The van der Waals surface area contributed by atoms with Crippen molar-refractivity contribution in [2.75, 3.05) is 18.0 Å². The van der Waals surface area contributed by atoms with Crippen molar-refractivity contribution >= 4 is 28.8 Å². The molecule has 3 rings (SSSR count). The Labute approximate surface area is 201 Å². The van der Waals surface area contributed by atoms with E-state index in [0.29, 0.717) is 6.54 Å². The third kappa shape index (κ3) is 5.90. The Morgan fingerprint density at radius 3 is 2.15 bits per heavy atom. The summed E-state index contributed by atoms with van der Waals surface area (Å²) in [6.45, 7) is 15.9. The van der Waals surface area contributed by atoms with Crippen molar-refractivity contribution in [3.63, 3.8) is 0 Å². The highest BCUT2D eigenvalue weighted by Gasteiger charge is 2.40. The van der Waals surface area contributed by atoms with Gasteiger partial charge in [-0.15, -0.1) is 0 Å². The third-order valence-corrected chi connectivity index (χ3v) is 5.97. The number of aromatic nitrogens is 1. The summed E-state index contributed by atoms with van der Waals surface area (Å²) in [6, 6.07) is 6.98. The molecule has 1 unspecified atom stereocenters. The first kappa shape index (κ1) is 25.6. The number of carbonyl (C=O) groups excluding carboxylic acids is 2. The summed E-state index contributed by atoms with van der Waals surface area (Å²) in [5.41, 5.74) is 1.25. The Hall–Kier alpha value is -3.03. The zero-order chi connectivity index (χ0) is 25.4. The van der Waals surface area contributed by atoms with Gasteiger partial charge in [-0.25, -0.2) is 14.5 Å². The van der Waals surface area contributed by atoms with Crippen LogP contribution in [0.1, 0.15) is 60.5 Å². The van der Waals surface area contributed by atoms with Crippen molar-refractivity contribution in [1.29, 1.82) is 0 Å². The van der Waals surface area contributed by atoms with Crippen LogP contribution in [0.25, 0.3) is 10.9 Å². The molecule has 1 aromatic carbocycles. The molecule has 8 nitrogen and oxygen atoms in total. The number of ether oxygens (including phenoxy) is 2. The Morgan fingerprint density at radius 1 is 1.03 bits per heavy atom. The Bertz CT molecular complexity index is 1100. The van der Waals surface area contributed by atoms with Crippen LogP contribution >= 0.6 is 0 Å². The minimum Gasteiger partial charge on any atom is -0.443 e. The number of hydrogen-bond acceptors (Lipinski definition) is 6. The molecule has 0 bridgehead atoms. The predicted molar refractivity (Wildman–Crippen MR) is 133 cm³/mol. The van der Waals surface area contributed by atoms with E-state index in [4.69, 9.17) is 9.47 Å². The van der Waals surface area contributed by atoms with Gasteiger partial charge < -0.3 is 19.4 Å². The number of aromatic amines is 1. The Morgan fingerprint density at radius 2 is 1.59 bits per heavy atom. The van der Waals surface area contributed by atoms with Gasteiger partial charge in [-0.2, -0.15) is 0 Å². The molecule has 2 atom stereocenters.